The summed E-state index contributed by atoms with van der Waals surface area (Å²) in [6, 6.07) is 7.78. The molecule has 1 aliphatic rings. The van der Waals surface area contributed by atoms with E-state index in [1.807, 2.05) is 35.8 Å². The first-order valence-electron chi connectivity index (χ1n) is 9.76. The maximum absolute atomic E-state index is 12.7. The summed E-state index contributed by atoms with van der Waals surface area (Å²) in [5.74, 6) is 1.34. The molecule has 0 saturated heterocycles. The van der Waals surface area contributed by atoms with Crippen LogP contribution in [0.15, 0.2) is 42.1 Å². The van der Waals surface area contributed by atoms with Crippen molar-refractivity contribution in [2.45, 2.75) is 62.5 Å². The summed E-state index contributed by atoms with van der Waals surface area (Å²) in [7, 11) is 0. The van der Waals surface area contributed by atoms with E-state index < -0.39 is 0 Å². The monoisotopic (exact) mass is 418 g/mol. The Morgan fingerprint density at radius 2 is 2.07 bits per heavy atom. The lowest BCUT2D eigenvalue weighted by atomic mass is 9.86. The molecule has 1 amide bonds. The molecule has 3 unspecified atom stereocenters. The van der Waals surface area contributed by atoms with E-state index >= 15 is 0 Å². The maximum atomic E-state index is 12.7. The number of thioether (sulfide) groups is 1. The van der Waals surface area contributed by atoms with Crippen molar-refractivity contribution in [3.8, 4) is 11.4 Å². The van der Waals surface area contributed by atoms with Gasteiger partial charge in [-0.3, -0.25) is 9.36 Å². The molecule has 1 heterocycles. The first-order chi connectivity index (χ1) is 13.5. The standard InChI is InChI=1S/C21H27ClN4OS/c1-4-13-26-19(16-9-11-17(22)12-10-16)24-25-21(26)28-15(3)20(27)23-18-8-6-5-7-14(18)2/h4,9-12,14-15,18H,1,5-8,13H2,2-3H3,(H,23,27). The number of carbonyl (C=O) groups excluding carboxylic acids is 1. The molecule has 7 heteroatoms. The minimum Gasteiger partial charge on any atom is -0.352 e. The van der Waals surface area contributed by atoms with Gasteiger partial charge in [0.05, 0.1) is 5.25 Å². The molecular formula is C21H27ClN4OS. The number of hydrogen-bond acceptors (Lipinski definition) is 4. The van der Waals surface area contributed by atoms with Crippen LogP contribution in [-0.4, -0.2) is 32.0 Å². The Morgan fingerprint density at radius 1 is 1.36 bits per heavy atom. The number of hydrogen-bond donors (Lipinski definition) is 1. The van der Waals surface area contributed by atoms with Gasteiger partial charge in [0.25, 0.3) is 0 Å². The Bertz CT molecular complexity index is 820. The van der Waals surface area contributed by atoms with E-state index in [1.165, 1.54) is 31.0 Å². The second kappa shape index (κ2) is 9.61. The van der Waals surface area contributed by atoms with Crippen LogP contribution >= 0.6 is 23.4 Å². The fourth-order valence-electron chi connectivity index (χ4n) is 3.52. The molecule has 0 radical (unpaired) electrons. The number of benzene rings is 1. The van der Waals surface area contributed by atoms with Crippen LogP contribution in [0.2, 0.25) is 5.02 Å². The van der Waals surface area contributed by atoms with Crippen LogP contribution in [-0.2, 0) is 11.3 Å². The fraction of sp³-hybridized carbons (Fsp3) is 0.476. The summed E-state index contributed by atoms with van der Waals surface area (Å²) in [6.07, 6.45) is 6.51. The van der Waals surface area contributed by atoms with Gasteiger partial charge in [0, 0.05) is 23.2 Å². The second-order valence-corrected chi connectivity index (χ2v) is 9.09. The number of carbonyl (C=O) groups is 1. The zero-order chi connectivity index (χ0) is 20.1. The Morgan fingerprint density at radius 3 is 2.75 bits per heavy atom. The van der Waals surface area contributed by atoms with Crippen molar-refractivity contribution in [1.82, 2.24) is 20.1 Å². The molecule has 0 spiro atoms. The normalized spacial score (nSPS) is 20.5. The van der Waals surface area contributed by atoms with Crippen molar-refractivity contribution in [3.05, 3.63) is 41.9 Å². The molecule has 1 N–H and O–H groups in total. The van der Waals surface area contributed by atoms with Crippen LogP contribution in [0.1, 0.15) is 39.5 Å². The average molecular weight is 419 g/mol. The number of allylic oxidation sites excluding steroid dienone is 1. The van der Waals surface area contributed by atoms with Crippen LogP contribution in [0, 0.1) is 5.92 Å². The molecule has 1 aromatic carbocycles. The number of nitrogens with one attached hydrogen (secondary N) is 1. The molecule has 1 aromatic heterocycles. The molecule has 2 aromatic rings. The molecule has 3 atom stereocenters. The van der Waals surface area contributed by atoms with Gasteiger partial charge < -0.3 is 5.32 Å². The lowest BCUT2D eigenvalue weighted by Gasteiger charge is -2.30. The van der Waals surface area contributed by atoms with Gasteiger partial charge >= 0.3 is 0 Å². The Balaban J connectivity index is 1.73. The molecule has 1 aliphatic carbocycles. The third-order valence-electron chi connectivity index (χ3n) is 5.22. The molecule has 150 valence electrons. The van der Waals surface area contributed by atoms with Crippen LogP contribution in [0.25, 0.3) is 11.4 Å². The third kappa shape index (κ3) is 4.97. The van der Waals surface area contributed by atoms with Crippen molar-refractivity contribution in [2.75, 3.05) is 0 Å². The van der Waals surface area contributed by atoms with Crippen molar-refractivity contribution in [2.24, 2.45) is 5.92 Å². The summed E-state index contributed by atoms with van der Waals surface area (Å²) in [5, 5.41) is 13.0. The highest BCUT2D eigenvalue weighted by atomic mass is 35.5. The van der Waals surface area contributed by atoms with E-state index in [9.17, 15) is 4.79 Å². The van der Waals surface area contributed by atoms with Gasteiger partial charge in [-0.25, -0.2) is 0 Å². The predicted octanol–water partition coefficient (Wildman–Crippen LogP) is 4.96. The quantitative estimate of drug-likeness (QED) is 0.510. The topological polar surface area (TPSA) is 59.8 Å². The summed E-state index contributed by atoms with van der Waals surface area (Å²) in [4.78, 5) is 12.7. The summed E-state index contributed by atoms with van der Waals surface area (Å²) in [5.41, 5.74) is 0.929. The van der Waals surface area contributed by atoms with Crippen LogP contribution in [0.5, 0.6) is 0 Å². The third-order valence-corrected chi connectivity index (χ3v) is 6.55. The number of amides is 1. The Labute approximate surface area is 176 Å². The van der Waals surface area contributed by atoms with Gasteiger partial charge in [-0.1, -0.05) is 49.2 Å². The SMILES string of the molecule is C=CCn1c(SC(C)C(=O)NC2CCCCC2C)nnc1-c1ccc(Cl)cc1. The van der Waals surface area contributed by atoms with Gasteiger partial charge in [0.2, 0.25) is 5.91 Å². The van der Waals surface area contributed by atoms with Crippen LogP contribution in [0.4, 0.5) is 0 Å². The molecule has 3 rings (SSSR count). The van der Waals surface area contributed by atoms with Gasteiger partial charge in [-0.2, -0.15) is 0 Å². The van der Waals surface area contributed by atoms with Crippen LogP contribution < -0.4 is 5.32 Å². The summed E-state index contributed by atoms with van der Waals surface area (Å²) in [6.45, 7) is 8.55. The Kier molecular flexibility index (Phi) is 7.18. The number of rotatable bonds is 7. The van der Waals surface area contributed by atoms with Gasteiger partial charge in [0.15, 0.2) is 11.0 Å². The smallest absolute Gasteiger partial charge is 0.233 e. The van der Waals surface area contributed by atoms with Gasteiger partial charge in [-0.05, 0) is 49.9 Å². The zero-order valence-corrected chi connectivity index (χ0v) is 18.0. The molecule has 0 bridgehead atoms. The molecule has 0 aliphatic heterocycles. The molecule has 1 saturated carbocycles. The predicted molar refractivity (Wildman–Crippen MR) is 116 cm³/mol. The molecule has 1 fully saturated rings. The van der Waals surface area contributed by atoms with Gasteiger partial charge in [-0.15, -0.1) is 16.8 Å². The largest absolute Gasteiger partial charge is 0.352 e. The van der Waals surface area contributed by atoms with E-state index in [4.69, 9.17) is 11.6 Å². The van der Waals surface area contributed by atoms with E-state index in [-0.39, 0.29) is 17.2 Å². The second-order valence-electron chi connectivity index (χ2n) is 7.35. The highest BCUT2D eigenvalue weighted by Gasteiger charge is 2.26. The molecule has 5 nitrogen and oxygen atoms in total. The number of halogens is 1. The minimum absolute atomic E-state index is 0.0601. The van der Waals surface area contributed by atoms with Gasteiger partial charge in [0.1, 0.15) is 0 Å². The molecular weight excluding hydrogens is 392 g/mol. The lowest BCUT2D eigenvalue weighted by molar-refractivity contribution is -0.121. The van der Waals surface area contributed by atoms with Crippen molar-refractivity contribution >= 4 is 29.3 Å². The first-order valence-corrected chi connectivity index (χ1v) is 11.0. The van der Waals surface area contributed by atoms with E-state index in [2.05, 4.69) is 29.0 Å². The highest BCUT2D eigenvalue weighted by Crippen LogP contribution is 2.29. The maximum Gasteiger partial charge on any atom is 0.233 e. The number of nitrogens with zero attached hydrogens (tertiary/aromatic N) is 3. The van der Waals surface area contributed by atoms with E-state index in [0.717, 1.165) is 17.8 Å². The van der Waals surface area contributed by atoms with E-state index in [1.54, 1.807) is 6.08 Å². The fourth-order valence-corrected chi connectivity index (χ4v) is 4.52. The highest BCUT2D eigenvalue weighted by molar-refractivity contribution is 8.00. The van der Waals surface area contributed by atoms with Crippen molar-refractivity contribution in [3.63, 3.8) is 0 Å². The average Bonchev–Trinajstić information content (AvgIpc) is 3.07. The summed E-state index contributed by atoms with van der Waals surface area (Å²) < 4.78 is 1.98. The number of aromatic nitrogens is 3. The minimum atomic E-state index is -0.250. The lowest BCUT2D eigenvalue weighted by Crippen LogP contribution is -2.44. The van der Waals surface area contributed by atoms with Crippen molar-refractivity contribution in [1.29, 1.82) is 0 Å². The Hall–Kier alpha value is -1.79. The first kappa shape index (κ1) is 20.9. The summed E-state index contributed by atoms with van der Waals surface area (Å²) >= 11 is 7.42. The molecule has 28 heavy (non-hydrogen) atoms. The van der Waals surface area contributed by atoms with E-state index in [0.29, 0.717) is 22.6 Å². The zero-order valence-electron chi connectivity index (χ0n) is 16.4. The van der Waals surface area contributed by atoms with Crippen molar-refractivity contribution < 1.29 is 4.79 Å². The van der Waals surface area contributed by atoms with Crippen LogP contribution in [0.3, 0.4) is 0 Å².